The largest absolute Gasteiger partial charge is 0.483 e. The fraction of sp³-hybridized carbons (Fsp3) is 0. The monoisotopic (exact) mass is 226 g/mol. The molecule has 0 aliphatic heterocycles. The number of hydrogen-bond donors (Lipinski definition) is 1. The molecule has 0 saturated carbocycles. The highest BCUT2D eigenvalue weighted by Crippen LogP contribution is 2.06. The maximum absolute atomic E-state index is 8.36. The lowest BCUT2D eigenvalue weighted by molar-refractivity contribution is -0.122. The van der Waals surface area contributed by atoms with Gasteiger partial charge in [0.25, 0.3) is 6.47 Å². The van der Waals surface area contributed by atoms with Crippen molar-refractivity contribution in [2.75, 3.05) is 0 Å². The maximum Gasteiger partial charge on any atom is 0.290 e. The summed E-state index contributed by atoms with van der Waals surface area (Å²) in [5.74, 6) is 0. The summed E-state index contributed by atoms with van der Waals surface area (Å²) in [5, 5.41) is 6.89. The molecule has 0 saturated heterocycles. The molecule has 2 rings (SSSR count). The van der Waals surface area contributed by atoms with Gasteiger partial charge in [-0.1, -0.05) is 72.8 Å². The lowest BCUT2D eigenvalue weighted by atomic mass is 10.1. The third kappa shape index (κ3) is 5.33. The average molecular weight is 226 g/mol. The zero-order valence-electron chi connectivity index (χ0n) is 9.36. The molecule has 2 heteroatoms. The maximum atomic E-state index is 8.36. The van der Waals surface area contributed by atoms with E-state index in [0.717, 1.165) is 0 Å². The van der Waals surface area contributed by atoms with E-state index in [4.69, 9.17) is 9.90 Å². The molecule has 2 aromatic carbocycles. The van der Waals surface area contributed by atoms with Crippen LogP contribution in [0.3, 0.4) is 0 Å². The SMILES string of the molecule is C(=Cc1ccccc1)c1ccccc1.O=CO. The molecule has 0 aliphatic rings. The van der Waals surface area contributed by atoms with E-state index in [1.54, 1.807) is 0 Å². The number of hydrogen-bond acceptors (Lipinski definition) is 1. The van der Waals surface area contributed by atoms with Crippen molar-refractivity contribution in [3.05, 3.63) is 71.8 Å². The Bertz CT molecular complexity index is 405. The molecular formula is C15H14O2. The minimum atomic E-state index is -0.250. The number of carbonyl (C=O) groups is 1. The summed E-state index contributed by atoms with van der Waals surface area (Å²) in [7, 11) is 0. The van der Waals surface area contributed by atoms with E-state index in [0.29, 0.717) is 0 Å². The van der Waals surface area contributed by atoms with Crippen molar-refractivity contribution >= 4 is 18.6 Å². The van der Waals surface area contributed by atoms with Gasteiger partial charge in [0.05, 0.1) is 0 Å². The molecule has 0 bridgehead atoms. The van der Waals surface area contributed by atoms with Crippen molar-refractivity contribution in [2.45, 2.75) is 0 Å². The van der Waals surface area contributed by atoms with Gasteiger partial charge in [0.15, 0.2) is 0 Å². The predicted molar refractivity (Wildman–Crippen MR) is 70.5 cm³/mol. The summed E-state index contributed by atoms with van der Waals surface area (Å²) in [4.78, 5) is 8.36. The zero-order valence-corrected chi connectivity index (χ0v) is 9.36. The van der Waals surface area contributed by atoms with E-state index in [1.807, 2.05) is 36.4 Å². The molecule has 2 aromatic rings. The molecule has 1 N–H and O–H groups in total. The lowest BCUT2D eigenvalue weighted by Gasteiger charge is -1.92. The Kier molecular flexibility index (Phi) is 5.89. The minimum Gasteiger partial charge on any atom is -0.483 e. The second-order valence-corrected chi connectivity index (χ2v) is 3.26. The van der Waals surface area contributed by atoms with Crippen LogP contribution in [0.1, 0.15) is 11.1 Å². The van der Waals surface area contributed by atoms with Crippen molar-refractivity contribution < 1.29 is 9.90 Å². The van der Waals surface area contributed by atoms with Crippen LogP contribution >= 0.6 is 0 Å². The van der Waals surface area contributed by atoms with Crippen LogP contribution in [-0.4, -0.2) is 11.6 Å². The Balaban J connectivity index is 0.000000437. The van der Waals surface area contributed by atoms with Gasteiger partial charge in [-0.15, -0.1) is 0 Å². The molecule has 17 heavy (non-hydrogen) atoms. The van der Waals surface area contributed by atoms with E-state index < -0.39 is 0 Å². The smallest absolute Gasteiger partial charge is 0.290 e. The number of carboxylic acid groups (broad SMARTS) is 1. The number of benzene rings is 2. The molecule has 0 fully saturated rings. The molecule has 0 spiro atoms. The molecule has 0 aliphatic carbocycles. The van der Waals surface area contributed by atoms with E-state index in [1.165, 1.54) is 11.1 Å². The topological polar surface area (TPSA) is 37.3 Å². The van der Waals surface area contributed by atoms with Crippen molar-refractivity contribution in [3.8, 4) is 0 Å². The predicted octanol–water partition coefficient (Wildman–Crippen LogP) is 3.56. The van der Waals surface area contributed by atoms with Crippen LogP contribution in [0, 0.1) is 0 Å². The van der Waals surface area contributed by atoms with E-state index in [-0.39, 0.29) is 6.47 Å². The normalized spacial score (nSPS) is 9.41. The van der Waals surface area contributed by atoms with Gasteiger partial charge in [-0.2, -0.15) is 0 Å². The third-order valence-corrected chi connectivity index (χ3v) is 2.07. The van der Waals surface area contributed by atoms with Gasteiger partial charge in [0.1, 0.15) is 0 Å². The fourth-order valence-electron chi connectivity index (χ4n) is 1.32. The first kappa shape index (κ1) is 12.7. The lowest BCUT2D eigenvalue weighted by Crippen LogP contribution is -1.70. The highest BCUT2D eigenvalue weighted by atomic mass is 16.3. The molecule has 0 aromatic heterocycles. The molecule has 0 atom stereocenters. The van der Waals surface area contributed by atoms with E-state index >= 15 is 0 Å². The van der Waals surface area contributed by atoms with E-state index in [2.05, 4.69) is 36.4 Å². The average Bonchev–Trinajstić information content (AvgIpc) is 2.40. The van der Waals surface area contributed by atoms with Gasteiger partial charge < -0.3 is 5.11 Å². The first-order valence-electron chi connectivity index (χ1n) is 5.23. The molecule has 0 heterocycles. The van der Waals surface area contributed by atoms with Crippen LogP contribution in [-0.2, 0) is 4.79 Å². The van der Waals surface area contributed by atoms with Gasteiger partial charge in [0.2, 0.25) is 0 Å². The molecule has 0 unspecified atom stereocenters. The highest BCUT2D eigenvalue weighted by Gasteiger charge is 1.84. The third-order valence-electron chi connectivity index (χ3n) is 2.07. The van der Waals surface area contributed by atoms with Gasteiger partial charge in [-0.3, -0.25) is 4.79 Å². The van der Waals surface area contributed by atoms with Crippen molar-refractivity contribution in [1.29, 1.82) is 0 Å². The van der Waals surface area contributed by atoms with Crippen LogP contribution < -0.4 is 0 Å². The summed E-state index contributed by atoms with van der Waals surface area (Å²) in [5.41, 5.74) is 2.47. The molecule has 86 valence electrons. The Morgan fingerprint density at radius 3 is 1.29 bits per heavy atom. The van der Waals surface area contributed by atoms with Crippen molar-refractivity contribution in [1.82, 2.24) is 0 Å². The summed E-state index contributed by atoms with van der Waals surface area (Å²) in [6.45, 7) is -0.250. The van der Waals surface area contributed by atoms with E-state index in [9.17, 15) is 0 Å². The first-order valence-corrected chi connectivity index (χ1v) is 5.23. The Morgan fingerprint density at radius 1 is 0.706 bits per heavy atom. The molecule has 0 amide bonds. The van der Waals surface area contributed by atoms with Crippen LogP contribution in [0.15, 0.2) is 60.7 Å². The van der Waals surface area contributed by atoms with Crippen LogP contribution in [0.25, 0.3) is 12.2 Å². The minimum absolute atomic E-state index is 0.250. The van der Waals surface area contributed by atoms with Gasteiger partial charge in [-0.25, -0.2) is 0 Å². The molecule has 0 radical (unpaired) electrons. The first-order chi connectivity index (χ1) is 8.36. The Morgan fingerprint density at radius 2 is 1.00 bits per heavy atom. The van der Waals surface area contributed by atoms with Gasteiger partial charge in [-0.05, 0) is 11.1 Å². The van der Waals surface area contributed by atoms with Crippen LogP contribution in [0.2, 0.25) is 0 Å². The summed E-state index contributed by atoms with van der Waals surface area (Å²) in [6.07, 6.45) is 4.24. The standard InChI is InChI=1S/C14H12.CH2O2/c1-3-7-13(8-4-1)11-12-14-9-5-2-6-10-14;2-1-3/h1-12H;1H,(H,2,3). The summed E-state index contributed by atoms with van der Waals surface area (Å²) >= 11 is 0. The van der Waals surface area contributed by atoms with Crippen molar-refractivity contribution in [2.24, 2.45) is 0 Å². The van der Waals surface area contributed by atoms with Crippen molar-refractivity contribution in [3.63, 3.8) is 0 Å². The quantitative estimate of drug-likeness (QED) is 0.628. The van der Waals surface area contributed by atoms with Crippen LogP contribution in [0.5, 0.6) is 0 Å². The summed E-state index contributed by atoms with van der Waals surface area (Å²) < 4.78 is 0. The summed E-state index contributed by atoms with van der Waals surface area (Å²) in [6, 6.07) is 20.6. The fourth-order valence-corrected chi connectivity index (χ4v) is 1.32. The number of rotatable bonds is 2. The zero-order chi connectivity index (χ0) is 12.3. The highest BCUT2D eigenvalue weighted by molar-refractivity contribution is 5.69. The van der Waals surface area contributed by atoms with Gasteiger partial charge in [0, 0.05) is 0 Å². The van der Waals surface area contributed by atoms with Crippen LogP contribution in [0.4, 0.5) is 0 Å². The Labute approximate surface area is 101 Å². The molecule has 2 nitrogen and oxygen atoms in total. The second kappa shape index (κ2) is 7.88. The van der Waals surface area contributed by atoms with Gasteiger partial charge >= 0.3 is 0 Å². The molecular weight excluding hydrogens is 212 g/mol. The second-order valence-electron chi connectivity index (χ2n) is 3.26. The Hall–Kier alpha value is -2.35.